The highest BCUT2D eigenvalue weighted by Gasteiger charge is 2.25. The van der Waals surface area contributed by atoms with Crippen LogP contribution in [0.25, 0.3) is 0 Å². The van der Waals surface area contributed by atoms with Gasteiger partial charge >= 0.3 is 0 Å². The van der Waals surface area contributed by atoms with Gasteiger partial charge in [-0.2, -0.15) is 0 Å². The summed E-state index contributed by atoms with van der Waals surface area (Å²) in [5.41, 5.74) is 6.29. The van der Waals surface area contributed by atoms with Crippen molar-refractivity contribution in [1.29, 1.82) is 0 Å². The molecule has 0 aliphatic heterocycles. The van der Waals surface area contributed by atoms with E-state index in [4.69, 9.17) is 5.73 Å². The minimum Gasteiger partial charge on any atom is -0.363 e. The van der Waals surface area contributed by atoms with Crippen molar-refractivity contribution >= 4 is 5.91 Å². The number of benzene rings is 1. The molecule has 0 saturated carbocycles. The van der Waals surface area contributed by atoms with Crippen molar-refractivity contribution in [3.8, 4) is 0 Å². The highest BCUT2D eigenvalue weighted by atomic mass is 16.1. The standard InChI is InChI=1S/C16H22N4O/c1-12(13-7-5-4-6-8-13)19-11-16(2,3)20-10-9-18-15(20)14(17)21/h4-10,12,19H,11H2,1-3H3,(H2,17,21). The van der Waals surface area contributed by atoms with Gasteiger partial charge in [0.2, 0.25) is 0 Å². The van der Waals surface area contributed by atoms with Crippen molar-refractivity contribution < 1.29 is 4.79 Å². The summed E-state index contributed by atoms with van der Waals surface area (Å²) in [7, 11) is 0. The normalized spacial score (nSPS) is 13.1. The lowest BCUT2D eigenvalue weighted by Crippen LogP contribution is -2.41. The third kappa shape index (κ3) is 3.49. The summed E-state index contributed by atoms with van der Waals surface area (Å²) in [6.07, 6.45) is 3.39. The molecule has 0 spiro atoms. The molecule has 0 aliphatic carbocycles. The van der Waals surface area contributed by atoms with Crippen LogP contribution in [0.15, 0.2) is 42.7 Å². The number of imidazole rings is 1. The first kappa shape index (κ1) is 15.3. The molecule has 0 bridgehead atoms. The van der Waals surface area contributed by atoms with E-state index in [1.807, 2.05) is 36.6 Å². The second kappa shape index (κ2) is 6.10. The van der Waals surface area contributed by atoms with Crippen LogP contribution in [0.3, 0.4) is 0 Å². The Kier molecular flexibility index (Phi) is 4.43. The van der Waals surface area contributed by atoms with Crippen LogP contribution in [-0.2, 0) is 5.54 Å². The zero-order valence-corrected chi connectivity index (χ0v) is 12.7. The van der Waals surface area contributed by atoms with Crippen molar-refractivity contribution in [2.75, 3.05) is 6.54 Å². The molecule has 112 valence electrons. The molecule has 5 nitrogen and oxygen atoms in total. The van der Waals surface area contributed by atoms with Gasteiger partial charge in [0, 0.05) is 25.0 Å². The molecule has 0 saturated heterocycles. The third-order valence-electron chi connectivity index (χ3n) is 3.65. The van der Waals surface area contributed by atoms with Crippen LogP contribution < -0.4 is 11.1 Å². The minimum atomic E-state index is -0.510. The van der Waals surface area contributed by atoms with Crippen LogP contribution in [0.4, 0.5) is 0 Å². The van der Waals surface area contributed by atoms with E-state index in [-0.39, 0.29) is 17.4 Å². The van der Waals surface area contributed by atoms with Gasteiger partial charge in [-0.05, 0) is 26.3 Å². The van der Waals surface area contributed by atoms with E-state index in [0.29, 0.717) is 6.54 Å². The number of nitrogens with zero attached hydrogens (tertiary/aromatic N) is 2. The monoisotopic (exact) mass is 286 g/mol. The molecule has 1 unspecified atom stereocenters. The molecular formula is C16H22N4O. The Morgan fingerprint density at radius 2 is 2.05 bits per heavy atom. The molecular weight excluding hydrogens is 264 g/mol. The summed E-state index contributed by atoms with van der Waals surface area (Å²) in [5.74, 6) is -0.224. The second-order valence-corrected chi connectivity index (χ2v) is 5.81. The maximum absolute atomic E-state index is 11.4. The second-order valence-electron chi connectivity index (χ2n) is 5.81. The maximum atomic E-state index is 11.4. The summed E-state index contributed by atoms with van der Waals surface area (Å²) in [6, 6.07) is 10.5. The Morgan fingerprint density at radius 3 is 2.67 bits per heavy atom. The van der Waals surface area contributed by atoms with Crippen LogP contribution >= 0.6 is 0 Å². The van der Waals surface area contributed by atoms with E-state index >= 15 is 0 Å². The summed E-state index contributed by atoms with van der Waals surface area (Å²) >= 11 is 0. The molecule has 1 heterocycles. The molecule has 2 aromatic rings. The van der Waals surface area contributed by atoms with Crippen molar-refractivity contribution in [3.05, 3.63) is 54.1 Å². The van der Waals surface area contributed by atoms with E-state index in [1.165, 1.54) is 5.56 Å². The first-order valence-corrected chi connectivity index (χ1v) is 7.04. The number of carbonyl (C=O) groups excluding carboxylic acids is 1. The first-order valence-electron chi connectivity index (χ1n) is 7.04. The van der Waals surface area contributed by atoms with Crippen LogP contribution in [0.5, 0.6) is 0 Å². The van der Waals surface area contributed by atoms with Crippen LogP contribution in [0, 0.1) is 0 Å². The van der Waals surface area contributed by atoms with Gasteiger partial charge in [-0.1, -0.05) is 30.3 Å². The Hall–Kier alpha value is -2.14. The quantitative estimate of drug-likeness (QED) is 0.853. The Labute approximate surface area is 125 Å². The highest BCUT2D eigenvalue weighted by Crippen LogP contribution is 2.19. The van der Waals surface area contributed by atoms with Crippen molar-refractivity contribution in [2.24, 2.45) is 5.73 Å². The van der Waals surface area contributed by atoms with E-state index < -0.39 is 5.91 Å². The predicted molar refractivity (Wildman–Crippen MR) is 82.9 cm³/mol. The molecule has 3 N–H and O–H groups in total. The summed E-state index contributed by atoms with van der Waals surface area (Å²) in [4.78, 5) is 15.4. The van der Waals surface area contributed by atoms with E-state index in [1.54, 1.807) is 12.4 Å². The van der Waals surface area contributed by atoms with Gasteiger partial charge in [-0.25, -0.2) is 4.98 Å². The zero-order valence-electron chi connectivity index (χ0n) is 12.7. The number of aromatic nitrogens is 2. The fraction of sp³-hybridized carbons (Fsp3) is 0.375. The Morgan fingerprint density at radius 1 is 1.38 bits per heavy atom. The number of primary amides is 1. The summed E-state index contributed by atoms with van der Waals surface area (Å²) in [5, 5.41) is 3.49. The minimum absolute atomic E-state index is 0.228. The molecule has 0 radical (unpaired) electrons. The lowest BCUT2D eigenvalue weighted by molar-refractivity contribution is 0.0978. The number of hydrogen-bond donors (Lipinski definition) is 2. The van der Waals surface area contributed by atoms with Crippen molar-refractivity contribution in [3.63, 3.8) is 0 Å². The molecule has 1 amide bonds. The molecule has 0 aliphatic rings. The lowest BCUT2D eigenvalue weighted by Gasteiger charge is -2.30. The predicted octanol–water partition coefficient (Wildman–Crippen LogP) is 2.07. The molecule has 21 heavy (non-hydrogen) atoms. The zero-order chi connectivity index (χ0) is 15.5. The Bertz CT molecular complexity index is 604. The highest BCUT2D eigenvalue weighted by molar-refractivity contribution is 5.89. The summed E-state index contributed by atoms with van der Waals surface area (Å²) < 4.78 is 1.82. The molecule has 1 aromatic carbocycles. The van der Waals surface area contributed by atoms with Gasteiger partial charge in [0.1, 0.15) is 0 Å². The molecule has 0 fully saturated rings. The maximum Gasteiger partial charge on any atom is 0.284 e. The number of carbonyl (C=O) groups is 1. The van der Waals surface area contributed by atoms with Gasteiger partial charge in [-0.15, -0.1) is 0 Å². The molecule has 2 rings (SSSR count). The van der Waals surface area contributed by atoms with Crippen LogP contribution in [-0.4, -0.2) is 22.0 Å². The SMILES string of the molecule is CC(NCC(C)(C)n1ccnc1C(N)=O)c1ccccc1. The molecule has 1 atom stereocenters. The summed E-state index contributed by atoms with van der Waals surface area (Å²) in [6.45, 7) is 6.91. The lowest BCUT2D eigenvalue weighted by atomic mass is 10.0. The Balaban J connectivity index is 2.07. The third-order valence-corrected chi connectivity index (χ3v) is 3.65. The first-order chi connectivity index (χ1) is 9.92. The number of nitrogens with one attached hydrogen (secondary N) is 1. The van der Waals surface area contributed by atoms with Gasteiger partial charge in [0.25, 0.3) is 5.91 Å². The van der Waals surface area contributed by atoms with Gasteiger partial charge in [0.15, 0.2) is 5.82 Å². The topological polar surface area (TPSA) is 72.9 Å². The van der Waals surface area contributed by atoms with Gasteiger partial charge in [0.05, 0.1) is 5.54 Å². The smallest absolute Gasteiger partial charge is 0.284 e. The van der Waals surface area contributed by atoms with E-state index in [0.717, 1.165) is 0 Å². The van der Waals surface area contributed by atoms with Gasteiger partial charge in [-0.3, -0.25) is 4.79 Å². The van der Waals surface area contributed by atoms with Crippen molar-refractivity contribution in [1.82, 2.24) is 14.9 Å². The van der Waals surface area contributed by atoms with Gasteiger partial charge < -0.3 is 15.6 Å². The van der Waals surface area contributed by atoms with E-state index in [2.05, 4.69) is 29.4 Å². The number of rotatable bonds is 6. The largest absolute Gasteiger partial charge is 0.363 e. The number of nitrogens with two attached hydrogens (primary N) is 1. The van der Waals surface area contributed by atoms with E-state index in [9.17, 15) is 4.79 Å². The fourth-order valence-electron chi connectivity index (χ4n) is 2.32. The van der Waals surface area contributed by atoms with Crippen LogP contribution in [0.2, 0.25) is 0 Å². The average molecular weight is 286 g/mol. The number of hydrogen-bond acceptors (Lipinski definition) is 3. The van der Waals surface area contributed by atoms with Crippen LogP contribution in [0.1, 0.15) is 43.0 Å². The molecule has 5 heteroatoms. The van der Waals surface area contributed by atoms with Crippen molar-refractivity contribution in [2.45, 2.75) is 32.4 Å². The molecule has 1 aromatic heterocycles. The number of amides is 1. The fourth-order valence-corrected chi connectivity index (χ4v) is 2.32. The average Bonchev–Trinajstić information content (AvgIpc) is 2.96.